The standard InChI is InChI=1S/C13H16O2S/c14-13-7-6-12(15-13)8-9-16-10-11-4-2-1-3-5-11/h1-5,12H,6-10H2. The minimum atomic E-state index is -0.0296. The second-order valence-electron chi connectivity index (χ2n) is 3.98. The SMILES string of the molecule is O=C1CCC(CCSCc2ccccc2)O1. The van der Waals surface area contributed by atoms with Gasteiger partial charge in [0.2, 0.25) is 0 Å². The highest BCUT2D eigenvalue weighted by Crippen LogP contribution is 2.20. The molecule has 1 aromatic rings. The lowest BCUT2D eigenvalue weighted by Gasteiger charge is -2.08. The molecule has 86 valence electrons. The van der Waals surface area contributed by atoms with Crippen LogP contribution < -0.4 is 0 Å². The number of carbonyl (C=O) groups excluding carboxylic acids is 1. The van der Waals surface area contributed by atoms with Gasteiger partial charge < -0.3 is 4.74 Å². The van der Waals surface area contributed by atoms with E-state index in [0.29, 0.717) is 6.42 Å². The van der Waals surface area contributed by atoms with Gasteiger partial charge in [-0.3, -0.25) is 4.79 Å². The molecule has 0 radical (unpaired) electrons. The number of rotatable bonds is 5. The van der Waals surface area contributed by atoms with Crippen LogP contribution in [0.4, 0.5) is 0 Å². The second kappa shape index (κ2) is 5.94. The van der Waals surface area contributed by atoms with Crippen LogP contribution in [0.5, 0.6) is 0 Å². The maximum absolute atomic E-state index is 10.9. The van der Waals surface area contributed by atoms with E-state index in [1.54, 1.807) is 0 Å². The first-order valence-electron chi connectivity index (χ1n) is 5.66. The van der Waals surface area contributed by atoms with Crippen LogP contribution in [0, 0.1) is 0 Å². The zero-order chi connectivity index (χ0) is 11.2. The summed E-state index contributed by atoms with van der Waals surface area (Å²) in [5.74, 6) is 2.08. The molecule has 1 saturated heterocycles. The minimum Gasteiger partial charge on any atom is -0.462 e. The van der Waals surface area contributed by atoms with Crippen LogP contribution in [0.2, 0.25) is 0 Å². The van der Waals surface area contributed by atoms with Gasteiger partial charge in [-0.2, -0.15) is 11.8 Å². The van der Waals surface area contributed by atoms with Gasteiger partial charge in [0.25, 0.3) is 0 Å². The van der Waals surface area contributed by atoms with Crippen molar-refractivity contribution in [3.05, 3.63) is 35.9 Å². The monoisotopic (exact) mass is 236 g/mol. The van der Waals surface area contributed by atoms with Gasteiger partial charge in [0.15, 0.2) is 0 Å². The van der Waals surface area contributed by atoms with E-state index in [2.05, 4.69) is 24.3 Å². The van der Waals surface area contributed by atoms with Gasteiger partial charge in [0.05, 0.1) is 0 Å². The van der Waals surface area contributed by atoms with Crippen molar-refractivity contribution in [2.75, 3.05) is 5.75 Å². The summed E-state index contributed by atoms with van der Waals surface area (Å²) in [5, 5.41) is 0. The molecular formula is C13H16O2S. The Hall–Kier alpha value is -0.960. The number of esters is 1. The molecule has 1 atom stereocenters. The summed E-state index contributed by atoms with van der Waals surface area (Å²) in [6, 6.07) is 10.4. The first kappa shape index (κ1) is 11.5. The topological polar surface area (TPSA) is 26.3 Å². The summed E-state index contributed by atoms with van der Waals surface area (Å²) in [6.07, 6.45) is 2.68. The first-order valence-corrected chi connectivity index (χ1v) is 6.81. The van der Waals surface area contributed by atoms with Crippen molar-refractivity contribution in [2.45, 2.75) is 31.1 Å². The van der Waals surface area contributed by atoms with Crippen molar-refractivity contribution < 1.29 is 9.53 Å². The van der Waals surface area contributed by atoms with Gasteiger partial charge in [-0.15, -0.1) is 0 Å². The van der Waals surface area contributed by atoms with Crippen molar-refractivity contribution in [1.82, 2.24) is 0 Å². The van der Waals surface area contributed by atoms with Crippen molar-refractivity contribution in [2.24, 2.45) is 0 Å². The molecule has 2 nitrogen and oxygen atoms in total. The van der Waals surface area contributed by atoms with Crippen molar-refractivity contribution >= 4 is 17.7 Å². The third kappa shape index (κ3) is 3.56. The molecule has 0 spiro atoms. The third-order valence-electron chi connectivity index (χ3n) is 2.66. The Balaban J connectivity index is 1.60. The van der Waals surface area contributed by atoms with Gasteiger partial charge in [0, 0.05) is 12.2 Å². The van der Waals surface area contributed by atoms with E-state index in [0.717, 1.165) is 24.3 Å². The van der Waals surface area contributed by atoms with Crippen LogP contribution in [-0.2, 0) is 15.3 Å². The van der Waals surface area contributed by atoms with Gasteiger partial charge in [-0.25, -0.2) is 0 Å². The number of ether oxygens (including phenoxy) is 1. The zero-order valence-corrected chi connectivity index (χ0v) is 10.0. The molecule has 1 fully saturated rings. The molecular weight excluding hydrogens is 220 g/mol. The summed E-state index contributed by atoms with van der Waals surface area (Å²) >= 11 is 1.90. The average Bonchev–Trinajstić information content (AvgIpc) is 2.72. The normalized spacial score (nSPS) is 19.8. The molecule has 3 heteroatoms. The summed E-state index contributed by atoms with van der Waals surface area (Å²) in [6.45, 7) is 0. The van der Waals surface area contributed by atoms with Crippen LogP contribution in [0.3, 0.4) is 0 Å². The molecule has 0 N–H and O–H groups in total. The Kier molecular flexibility index (Phi) is 4.28. The highest BCUT2D eigenvalue weighted by atomic mass is 32.2. The first-order chi connectivity index (χ1) is 7.84. The van der Waals surface area contributed by atoms with E-state index >= 15 is 0 Å². The molecule has 1 aliphatic rings. The molecule has 0 amide bonds. The molecule has 1 aromatic carbocycles. The molecule has 0 saturated carbocycles. The predicted octanol–water partition coefficient (Wildman–Crippen LogP) is 3.02. The lowest BCUT2D eigenvalue weighted by Crippen LogP contribution is -2.07. The number of thioether (sulfide) groups is 1. The summed E-state index contributed by atoms with van der Waals surface area (Å²) in [4.78, 5) is 10.9. The van der Waals surface area contributed by atoms with Gasteiger partial charge in [-0.1, -0.05) is 30.3 Å². The van der Waals surface area contributed by atoms with Gasteiger partial charge >= 0.3 is 5.97 Å². The quantitative estimate of drug-likeness (QED) is 0.580. The molecule has 0 aromatic heterocycles. The second-order valence-corrected chi connectivity index (χ2v) is 5.08. The number of cyclic esters (lactones) is 1. The van der Waals surface area contributed by atoms with E-state index in [1.165, 1.54) is 5.56 Å². The highest BCUT2D eigenvalue weighted by molar-refractivity contribution is 7.98. The van der Waals surface area contributed by atoms with Crippen LogP contribution in [0.1, 0.15) is 24.8 Å². The van der Waals surface area contributed by atoms with Crippen molar-refractivity contribution in [3.63, 3.8) is 0 Å². The van der Waals surface area contributed by atoms with Crippen LogP contribution >= 0.6 is 11.8 Å². The maximum atomic E-state index is 10.9. The van der Waals surface area contributed by atoms with E-state index in [4.69, 9.17) is 4.74 Å². The number of hydrogen-bond acceptors (Lipinski definition) is 3. The molecule has 1 heterocycles. The number of hydrogen-bond donors (Lipinski definition) is 0. The largest absolute Gasteiger partial charge is 0.462 e. The smallest absolute Gasteiger partial charge is 0.306 e. The lowest BCUT2D eigenvalue weighted by molar-refractivity contribution is -0.141. The fourth-order valence-electron chi connectivity index (χ4n) is 1.76. The van der Waals surface area contributed by atoms with Crippen molar-refractivity contribution in [1.29, 1.82) is 0 Å². The lowest BCUT2D eigenvalue weighted by atomic mass is 10.2. The fraction of sp³-hybridized carbons (Fsp3) is 0.462. The highest BCUT2D eigenvalue weighted by Gasteiger charge is 2.22. The van der Waals surface area contributed by atoms with E-state index in [9.17, 15) is 4.79 Å². The number of benzene rings is 1. The van der Waals surface area contributed by atoms with Gasteiger partial charge in [0.1, 0.15) is 6.10 Å². The average molecular weight is 236 g/mol. The molecule has 0 bridgehead atoms. The Bertz CT molecular complexity index is 337. The molecule has 16 heavy (non-hydrogen) atoms. The fourth-order valence-corrected chi connectivity index (χ4v) is 2.77. The molecule has 0 aliphatic carbocycles. The number of carbonyl (C=O) groups is 1. The zero-order valence-electron chi connectivity index (χ0n) is 9.22. The summed E-state index contributed by atoms with van der Waals surface area (Å²) < 4.78 is 5.16. The third-order valence-corrected chi connectivity index (χ3v) is 3.73. The van der Waals surface area contributed by atoms with E-state index < -0.39 is 0 Å². The Morgan fingerprint density at radius 2 is 2.12 bits per heavy atom. The van der Waals surface area contributed by atoms with Crippen LogP contribution in [-0.4, -0.2) is 17.8 Å². The molecule has 1 aliphatic heterocycles. The summed E-state index contributed by atoms with van der Waals surface area (Å²) in [5.41, 5.74) is 1.36. The van der Waals surface area contributed by atoms with E-state index in [1.807, 2.05) is 17.8 Å². The molecule has 2 rings (SSSR count). The predicted molar refractivity (Wildman–Crippen MR) is 66.3 cm³/mol. The van der Waals surface area contributed by atoms with Crippen LogP contribution in [0.25, 0.3) is 0 Å². The van der Waals surface area contributed by atoms with Gasteiger partial charge in [-0.05, 0) is 24.2 Å². The maximum Gasteiger partial charge on any atom is 0.306 e. The Labute approximate surface area is 100 Å². The van der Waals surface area contributed by atoms with Crippen molar-refractivity contribution in [3.8, 4) is 0 Å². The summed E-state index contributed by atoms with van der Waals surface area (Å²) in [7, 11) is 0. The Morgan fingerprint density at radius 3 is 2.81 bits per heavy atom. The Morgan fingerprint density at radius 1 is 1.31 bits per heavy atom. The van der Waals surface area contributed by atoms with E-state index in [-0.39, 0.29) is 12.1 Å². The molecule has 1 unspecified atom stereocenters. The minimum absolute atomic E-state index is 0.0296. The van der Waals surface area contributed by atoms with Crippen LogP contribution in [0.15, 0.2) is 30.3 Å².